The second-order valence-corrected chi connectivity index (χ2v) is 9.10. The highest BCUT2D eigenvalue weighted by Gasteiger charge is 2.17. The lowest BCUT2D eigenvalue weighted by atomic mass is 9.97. The second kappa shape index (κ2) is 9.98. The van der Waals surface area contributed by atoms with E-state index >= 15 is 0 Å². The van der Waals surface area contributed by atoms with Crippen molar-refractivity contribution < 1.29 is 9.59 Å². The molecule has 1 N–H and O–H groups in total. The number of hydrogen-bond donors (Lipinski definition) is 1. The number of aromatic nitrogens is 2. The Hall–Kier alpha value is -2.25. The summed E-state index contributed by atoms with van der Waals surface area (Å²) in [6.45, 7) is 17.0. The van der Waals surface area contributed by atoms with Crippen LogP contribution in [0.5, 0.6) is 0 Å². The van der Waals surface area contributed by atoms with E-state index in [9.17, 15) is 9.59 Å². The molecule has 0 radical (unpaired) electrons. The van der Waals surface area contributed by atoms with Crippen LogP contribution in [0.1, 0.15) is 61.6 Å². The van der Waals surface area contributed by atoms with E-state index in [0.29, 0.717) is 17.0 Å². The van der Waals surface area contributed by atoms with Crippen molar-refractivity contribution in [1.82, 2.24) is 19.6 Å². The van der Waals surface area contributed by atoms with Gasteiger partial charge in [0.1, 0.15) is 11.2 Å². The van der Waals surface area contributed by atoms with Crippen LogP contribution in [0.3, 0.4) is 0 Å². The summed E-state index contributed by atoms with van der Waals surface area (Å²) in [5, 5.41) is 2.93. The predicted octanol–water partition coefficient (Wildman–Crippen LogP) is 4.49. The standard InChI is InChI=1S/C16H17N3O2S.C6H15N/c1-16(2,3)9-17-14(21)13-7-19-12-6-10(8-20)4-5-11(12)18-15(19)22-13;1-4-7(5-2)6-3/h4-8H,9H2,1-3H3,(H,17,21);4-6H2,1-3H3. The summed E-state index contributed by atoms with van der Waals surface area (Å²) < 4.78 is 1.86. The molecule has 2 heterocycles. The maximum atomic E-state index is 12.2. The van der Waals surface area contributed by atoms with Crippen molar-refractivity contribution in [1.29, 1.82) is 0 Å². The molecule has 1 amide bonds. The Balaban J connectivity index is 0.000000370. The molecule has 0 unspecified atom stereocenters. The molecule has 3 rings (SSSR count). The van der Waals surface area contributed by atoms with Crippen LogP contribution in [0, 0.1) is 5.41 Å². The van der Waals surface area contributed by atoms with E-state index in [1.807, 2.05) is 10.5 Å². The second-order valence-electron chi connectivity index (χ2n) is 8.09. The highest BCUT2D eigenvalue weighted by atomic mass is 32.1. The Morgan fingerprint density at radius 2 is 1.86 bits per heavy atom. The van der Waals surface area contributed by atoms with Gasteiger partial charge in [-0.2, -0.15) is 0 Å². The van der Waals surface area contributed by atoms with Gasteiger partial charge in [-0.25, -0.2) is 4.98 Å². The number of rotatable bonds is 6. The number of benzene rings is 1. The third-order valence-electron chi connectivity index (χ3n) is 4.61. The number of nitrogens with one attached hydrogen (secondary N) is 1. The number of hydrogen-bond acceptors (Lipinski definition) is 5. The van der Waals surface area contributed by atoms with Crippen LogP contribution in [0.15, 0.2) is 24.4 Å². The monoisotopic (exact) mass is 416 g/mol. The molecule has 0 spiro atoms. The molecule has 0 saturated carbocycles. The van der Waals surface area contributed by atoms with Crippen LogP contribution >= 0.6 is 11.3 Å². The van der Waals surface area contributed by atoms with Crippen molar-refractivity contribution in [2.75, 3.05) is 26.2 Å². The minimum atomic E-state index is -0.0925. The van der Waals surface area contributed by atoms with Crippen LogP contribution < -0.4 is 5.32 Å². The van der Waals surface area contributed by atoms with Gasteiger partial charge >= 0.3 is 0 Å². The maximum Gasteiger partial charge on any atom is 0.263 e. The van der Waals surface area contributed by atoms with Gasteiger partial charge < -0.3 is 10.2 Å². The SMILES string of the molecule is CC(C)(C)CNC(=O)c1cn2c(nc3ccc(C=O)cc32)s1.CCN(CC)CC. The quantitative estimate of drug-likeness (QED) is 0.602. The molecule has 0 atom stereocenters. The van der Waals surface area contributed by atoms with E-state index in [4.69, 9.17) is 0 Å². The third kappa shape index (κ3) is 6.11. The van der Waals surface area contributed by atoms with E-state index in [0.717, 1.165) is 22.3 Å². The number of carbonyl (C=O) groups excluding carboxylic acids is 2. The number of imidazole rings is 1. The molecular formula is C22H32N4O2S. The molecule has 0 aliphatic carbocycles. The smallest absolute Gasteiger partial charge is 0.263 e. The van der Waals surface area contributed by atoms with Gasteiger partial charge in [-0.15, -0.1) is 0 Å². The Bertz CT molecular complexity index is 959. The average molecular weight is 417 g/mol. The molecule has 6 nitrogen and oxygen atoms in total. The topological polar surface area (TPSA) is 66.7 Å². The maximum absolute atomic E-state index is 12.2. The number of thiazole rings is 1. The first kappa shape index (κ1) is 23.0. The molecular weight excluding hydrogens is 384 g/mol. The van der Waals surface area contributed by atoms with Crippen LogP contribution in [-0.2, 0) is 0 Å². The van der Waals surface area contributed by atoms with Gasteiger partial charge in [0.2, 0.25) is 0 Å². The lowest BCUT2D eigenvalue weighted by Crippen LogP contribution is -2.31. The minimum absolute atomic E-state index is 0.0403. The molecule has 158 valence electrons. The lowest BCUT2D eigenvalue weighted by molar-refractivity contribution is 0.0943. The lowest BCUT2D eigenvalue weighted by Gasteiger charge is -2.18. The summed E-state index contributed by atoms with van der Waals surface area (Å²) in [4.78, 5) is 31.4. The first-order valence-corrected chi connectivity index (χ1v) is 10.9. The fourth-order valence-corrected chi connectivity index (χ4v) is 3.72. The first-order chi connectivity index (χ1) is 13.7. The van der Waals surface area contributed by atoms with Crippen LogP contribution in [-0.4, -0.2) is 52.7 Å². The van der Waals surface area contributed by atoms with Gasteiger partial charge in [-0.05, 0) is 43.2 Å². The molecule has 0 fully saturated rings. The average Bonchev–Trinajstić information content (AvgIpc) is 3.25. The summed E-state index contributed by atoms with van der Waals surface area (Å²) >= 11 is 1.35. The van der Waals surface area contributed by atoms with E-state index < -0.39 is 0 Å². The van der Waals surface area contributed by atoms with E-state index in [1.54, 1.807) is 18.3 Å². The summed E-state index contributed by atoms with van der Waals surface area (Å²) in [7, 11) is 0. The molecule has 0 aliphatic rings. The van der Waals surface area contributed by atoms with E-state index in [2.05, 4.69) is 56.7 Å². The van der Waals surface area contributed by atoms with E-state index in [-0.39, 0.29) is 11.3 Å². The minimum Gasteiger partial charge on any atom is -0.351 e. The van der Waals surface area contributed by atoms with Gasteiger partial charge in [0.15, 0.2) is 4.96 Å². The van der Waals surface area contributed by atoms with Gasteiger partial charge in [0, 0.05) is 18.3 Å². The molecule has 0 saturated heterocycles. The van der Waals surface area contributed by atoms with Gasteiger partial charge in [-0.1, -0.05) is 52.9 Å². The third-order valence-corrected chi connectivity index (χ3v) is 5.59. The fourth-order valence-electron chi connectivity index (χ4n) is 2.81. The number of fused-ring (bicyclic) bond motifs is 3. The number of amides is 1. The Labute approximate surface area is 176 Å². The molecule has 3 aromatic rings. The Kier molecular flexibility index (Phi) is 7.93. The first-order valence-electron chi connectivity index (χ1n) is 10.1. The molecule has 1 aromatic carbocycles. The van der Waals surface area contributed by atoms with Crippen molar-refractivity contribution >= 4 is 39.5 Å². The molecule has 29 heavy (non-hydrogen) atoms. The molecule has 0 bridgehead atoms. The molecule has 2 aromatic heterocycles. The zero-order valence-corrected chi connectivity index (χ0v) is 19.1. The van der Waals surface area contributed by atoms with Crippen molar-refractivity contribution in [2.45, 2.75) is 41.5 Å². The van der Waals surface area contributed by atoms with Gasteiger partial charge in [0.05, 0.1) is 11.0 Å². The zero-order valence-electron chi connectivity index (χ0n) is 18.3. The molecule has 0 aliphatic heterocycles. The molecule has 7 heteroatoms. The number of carbonyl (C=O) groups is 2. The normalized spacial score (nSPS) is 11.6. The van der Waals surface area contributed by atoms with Crippen molar-refractivity contribution in [3.05, 3.63) is 34.8 Å². The van der Waals surface area contributed by atoms with Crippen molar-refractivity contribution in [3.63, 3.8) is 0 Å². The highest BCUT2D eigenvalue weighted by molar-refractivity contribution is 7.18. The van der Waals surface area contributed by atoms with Gasteiger partial charge in [0.25, 0.3) is 5.91 Å². The summed E-state index contributed by atoms with van der Waals surface area (Å²) in [5.74, 6) is -0.0925. The Morgan fingerprint density at radius 3 is 2.38 bits per heavy atom. The van der Waals surface area contributed by atoms with Crippen LogP contribution in [0.25, 0.3) is 16.0 Å². The van der Waals surface area contributed by atoms with Gasteiger partial charge in [-0.3, -0.25) is 14.0 Å². The zero-order chi connectivity index (χ0) is 21.6. The predicted molar refractivity (Wildman–Crippen MR) is 121 cm³/mol. The summed E-state index contributed by atoms with van der Waals surface area (Å²) in [5.41, 5.74) is 2.29. The van der Waals surface area contributed by atoms with Crippen LogP contribution in [0.4, 0.5) is 0 Å². The van der Waals surface area contributed by atoms with Crippen molar-refractivity contribution in [3.8, 4) is 0 Å². The van der Waals surface area contributed by atoms with E-state index in [1.165, 1.54) is 31.0 Å². The highest BCUT2D eigenvalue weighted by Crippen LogP contribution is 2.24. The summed E-state index contributed by atoms with van der Waals surface area (Å²) in [6, 6.07) is 5.34. The fraction of sp³-hybridized carbons (Fsp3) is 0.500. The number of aldehydes is 1. The largest absolute Gasteiger partial charge is 0.351 e. The van der Waals surface area contributed by atoms with Crippen molar-refractivity contribution in [2.24, 2.45) is 5.41 Å². The number of nitrogens with zero attached hydrogens (tertiary/aromatic N) is 3. The Morgan fingerprint density at radius 1 is 1.21 bits per heavy atom. The van der Waals surface area contributed by atoms with Crippen LogP contribution in [0.2, 0.25) is 0 Å². The summed E-state index contributed by atoms with van der Waals surface area (Å²) in [6.07, 6.45) is 2.59.